The number of hydrogen-bond acceptors (Lipinski definition) is 4. The molecule has 0 amide bonds. The Morgan fingerprint density at radius 1 is 1.22 bits per heavy atom. The summed E-state index contributed by atoms with van der Waals surface area (Å²) in [6, 6.07) is 6.36. The summed E-state index contributed by atoms with van der Waals surface area (Å²) in [6.45, 7) is 9.66. The first-order chi connectivity index (χ1) is 8.84. The number of benzene rings is 1. The largest absolute Gasteiger partial charge is 0.378 e. The zero-order valence-corrected chi connectivity index (χ0v) is 12.1. The Morgan fingerprint density at radius 3 is 2.61 bits per heavy atom. The van der Waals surface area contributed by atoms with Crippen molar-refractivity contribution in [2.45, 2.75) is 20.8 Å². The van der Waals surface area contributed by atoms with Crippen molar-refractivity contribution < 1.29 is 4.74 Å². The number of aromatic nitrogens is 1. The standard InChI is InChI=1S/C12H14N2OS.C2H6/c1-9-3-2-4-10-11(9)13-12(16-10)14-5-7-15-8-6-14;1-2/h2-4H,5-8H2,1H3;1-2H3. The third-order valence-corrected chi connectivity index (χ3v) is 3.97. The number of thiazole rings is 1. The number of ether oxygens (including phenoxy) is 1. The lowest BCUT2D eigenvalue weighted by Gasteiger charge is -2.25. The Morgan fingerprint density at radius 2 is 1.94 bits per heavy atom. The van der Waals surface area contributed by atoms with Crippen LogP contribution in [-0.4, -0.2) is 31.3 Å². The van der Waals surface area contributed by atoms with E-state index in [-0.39, 0.29) is 0 Å². The van der Waals surface area contributed by atoms with Crippen molar-refractivity contribution in [2.24, 2.45) is 0 Å². The number of para-hydroxylation sites is 1. The second-order valence-electron chi connectivity index (χ2n) is 4.02. The minimum atomic E-state index is 0.814. The van der Waals surface area contributed by atoms with E-state index in [1.165, 1.54) is 10.3 Å². The highest BCUT2D eigenvalue weighted by atomic mass is 32.1. The van der Waals surface area contributed by atoms with Gasteiger partial charge in [-0.15, -0.1) is 0 Å². The van der Waals surface area contributed by atoms with E-state index in [1.54, 1.807) is 11.3 Å². The van der Waals surface area contributed by atoms with Crippen LogP contribution in [0.5, 0.6) is 0 Å². The van der Waals surface area contributed by atoms with Gasteiger partial charge in [0.1, 0.15) is 0 Å². The Balaban J connectivity index is 0.000000574. The highest BCUT2D eigenvalue weighted by Crippen LogP contribution is 2.30. The second-order valence-corrected chi connectivity index (χ2v) is 5.03. The molecule has 3 nitrogen and oxygen atoms in total. The molecular formula is C14H20N2OS. The number of aryl methyl sites for hydroxylation is 1. The molecule has 0 bridgehead atoms. The molecule has 98 valence electrons. The van der Waals surface area contributed by atoms with Gasteiger partial charge in [-0.25, -0.2) is 4.98 Å². The predicted molar refractivity (Wildman–Crippen MR) is 78.7 cm³/mol. The minimum Gasteiger partial charge on any atom is -0.378 e. The molecule has 2 heterocycles. The Kier molecular flexibility index (Phi) is 4.55. The Labute approximate surface area is 112 Å². The van der Waals surface area contributed by atoms with Crippen LogP contribution in [0.1, 0.15) is 19.4 Å². The molecular weight excluding hydrogens is 244 g/mol. The number of hydrogen-bond donors (Lipinski definition) is 0. The van der Waals surface area contributed by atoms with Crippen LogP contribution in [0.3, 0.4) is 0 Å². The maximum absolute atomic E-state index is 5.35. The topological polar surface area (TPSA) is 25.4 Å². The zero-order chi connectivity index (χ0) is 13.0. The maximum atomic E-state index is 5.35. The van der Waals surface area contributed by atoms with E-state index in [2.05, 4.69) is 30.0 Å². The van der Waals surface area contributed by atoms with Crippen LogP contribution < -0.4 is 4.90 Å². The predicted octanol–water partition coefficient (Wildman–Crippen LogP) is 3.47. The van der Waals surface area contributed by atoms with Crippen LogP contribution >= 0.6 is 11.3 Å². The molecule has 0 N–H and O–H groups in total. The number of nitrogens with zero attached hydrogens (tertiary/aromatic N) is 2. The first-order valence-electron chi connectivity index (χ1n) is 6.53. The van der Waals surface area contributed by atoms with Crippen LogP contribution in [0.15, 0.2) is 18.2 Å². The summed E-state index contributed by atoms with van der Waals surface area (Å²) in [7, 11) is 0. The van der Waals surface area contributed by atoms with Gasteiger partial charge in [0.2, 0.25) is 0 Å². The molecule has 1 fully saturated rings. The van der Waals surface area contributed by atoms with Gasteiger partial charge in [-0.2, -0.15) is 0 Å². The Bertz CT molecular complexity index is 503. The number of fused-ring (bicyclic) bond motifs is 1. The van der Waals surface area contributed by atoms with Crippen LogP contribution in [-0.2, 0) is 4.74 Å². The minimum absolute atomic E-state index is 0.814. The van der Waals surface area contributed by atoms with Gasteiger partial charge in [0, 0.05) is 13.1 Å². The van der Waals surface area contributed by atoms with Gasteiger partial charge in [0.05, 0.1) is 23.4 Å². The van der Waals surface area contributed by atoms with Crippen LogP contribution in [0.2, 0.25) is 0 Å². The molecule has 2 aromatic rings. The molecule has 18 heavy (non-hydrogen) atoms. The van der Waals surface area contributed by atoms with Crippen molar-refractivity contribution in [3.05, 3.63) is 23.8 Å². The summed E-state index contributed by atoms with van der Waals surface area (Å²) in [5, 5.41) is 1.13. The quantitative estimate of drug-likeness (QED) is 0.788. The molecule has 0 atom stereocenters. The summed E-state index contributed by atoms with van der Waals surface area (Å²) in [5.41, 5.74) is 2.40. The fourth-order valence-corrected chi connectivity index (χ4v) is 3.06. The lowest BCUT2D eigenvalue weighted by molar-refractivity contribution is 0.122. The van der Waals surface area contributed by atoms with Crippen molar-refractivity contribution in [2.75, 3.05) is 31.2 Å². The van der Waals surface area contributed by atoms with Gasteiger partial charge in [-0.1, -0.05) is 37.3 Å². The zero-order valence-electron chi connectivity index (χ0n) is 11.3. The van der Waals surface area contributed by atoms with Crippen molar-refractivity contribution >= 4 is 26.7 Å². The monoisotopic (exact) mass is 264 g/mol. The lowest BCUT2D eigenvalue weighted by atomic mass is 10.2. The Hall–Kier alpha value is -1.13. The third kappa shape index (κ3) is 2.65. The average Bonchev–Trinajstić information content (AvgIpc) is 2.88. The fourth-order valence-electron chi connectivity index (χ4n) is 1.96. The number of rotatable bonds is 1. The average molecular weight is 264 g/mol. The highest BCUT2D eigenvalue weighted by Gasteiger charge is 2.15. The van der Waals surface area contributed by atoms with Crippen LogP contribution in [0.4, 0.5) is 5.13 Å². The first kappa shape index (κ1) is 13.3. The summed E-state index contributed by atoms with van der Waals surface area (Å²) in [5.74, 6) is 0. The smallest absolute Gasteiger partial charge is 0.186 e. The van der Waals surface area contributed by atoms with E-state index in [9.17, 15) is 0 Å². The normalized spacial score (nSPS) is 15.4. The molecule has 0 saturated carbocycles. The summed E-state index contributed by atoms with van der Waals surface area (Å²) in [6.07, 6.45) is 0. The van der Waals surface area contributed by atoms with E-state index in [1.807, 2.05) is 13.8 Å². The van der Waals surface area contributed by atoms with E-state index in [4.69, 9.17) is 9.72 Å². The highest BCUT2D eigenvalue weighted by molar-refractivity contribution is 7.22. The lowest BCUT2D eigenvalue weighted by Crippen LogP contribution is -2.36. The summed E-state index contributed by atoms with van der Waals surface area (Å²) < 4.78 is 6.63. The van der Waals surface area contributed by atoms with Crippen molar-refractivity contribution in [1.29, 1.82) is 0 Å². The summed E-state index contributed by atoms with van der Waals surface area (Å²) in [4.78, 5) is 7.04. The van der Waals surface area contributed by atoms with Crippen molar-refractivity contribution in [1.82, 2.24) is 4.98 Å². The second kappa shape index (κ2) is 6.16. The van der Waals surface area contributed by atoms with Crippen molar-refractivity contribution in [3.63, 3.8) is 0 Å². The van der Waals surface area contributed by atoms with E-state index in [0.717, 1.165) is 37.0 Å². The van der Waals surface area contributed by atoms with Crippen molar-refractivity contribution in [3.8, 4) is 0 Å². The van der Waals surface area contributed by atoms with Gasteiger partial charge in [0.25, 0.3) is 0 Å². The molecule has 3 rings (SSSR count). The summed E-state index contributed by atoms with van der Waals surface area (Å²) >= 11 is 1.78. The van der Waals surface area contributed by atoms with E-state index in [0.29, 0.717) is 0 Å². The van der Waals surface area contributed by atoms with Gasteiger partial charge < -0.3 is 9.64 Å². The van der Waals surface area contributed by atoms with E-state index < -0.39 is 0 Å². The molecule has 0 radical (unpaired) electrons. The van der Waals surface area contributed by atoms with E-state index >= 15 is 0 Å². The molecule has 1 aromatic carbocycles. The van der Waals surface area contributed by atoms with Gasteiger partial charge in [0.15, 0.2) is 5.13 Å². The first-order valence-corrected chi connectivity index (χ1v) is 7.35. The molecule has 4 heteroatoms. The number of morpholine rings is 1. The SMILES string of the molecule is CC.Cc1cccc2sc(N3CCOCC3)nc12. The van der Waals surface area contributed by atoms with Gasteiger partial charge in [-0.05, 0) is 18.6 Å². The molecule has 1 saturated heterocycles. The number of anilines is 1. The molecule has 1 aliphatic heterocycles. The molecule has 1 aliphatic rings. The molecule has 0 aliphatic carbocycles. The molecule has 0 unspecified atom stereocenters. The molecule has 0 spiro atoms. The maximum Gasteiger partial charge on any atom is 0.186 e. The third-order valence-electron chi connectivity index (χ3n) is 2.89. The van der Waals surface area contributed by atoms with Gasteiger partial charge >= 0.3 is 0 Å². The van der Waals surface area contributed by atoms with Crippen LogP contribution in [0.25, 0.3) is 10.2 Å². The fraction of sp³-hybridized carbons (Fsp3) is 0.500. The van der Waals surface area contributed by atoms with Crippen LogP contribution in [0, 0.1) is 6.92 Å². The van der Waals surface area contributed by atoms with Gasteiger partial charge in [-0.3, -0.25) is 0 Å². The molecule has 1 aromatic heterocycles.